The maximum atomic E-state index is 16.0. The van der Waals surface area contributed by atoms with Gasteiger partial charge in [-0.05, 0) is 61.1 Å². The number of hydrogen-bond acceptors (Lipinski definition) is 3. The molecule has 1 fully saturated rings. The van der Waals surface area contributed by atoms with E-state index in [2.05, 4.69) is 16.3 Å². The van der Waals surface area contributed by atoms with Gasteiger partial charge in [-0.2, -0.15) is 10.4 Å². The Labute approximate surface area is 199 Å². The van der Waals surface area contributed by atoms with Crippen molar-refractivity contribution in [3.05, 3.63) is 58.9 Å². The van der Waals surface area contributed by atoms with Gasteiger partial charge in [0.1, 0.15) is 11.3 Å². The number of rotatable bonds is 5. The average molecular weight is 480 g/mol. The number of hydrogen-bond donors (Lipinski definition) is 2. The number of halogens is 3. The zero-order valence-corrected chi connectivity index (χ0v) is 19.4. The van der Waals surface area contributed by atoms with Crippen molar-refractivity contribution in [3.63, 3.8) is 0 Å². The summed E-state index contributed by atoms with van der Waals surface area (Å²) in [6.45, 7) is 5.30. The van der Waals surface area contributed by atoms with Crippen molar-refractivity contribution >= 4 is 27.8 Å². The predicted molar refractivity (Wildman–Crippen MR) is 124 cm³/mol. The lowest BCUT2D eigenvalue weighted by molar-refractivity contribution is -0.158. The highest BCUT2D eigenvalue weighted by Gasteiger charge is 2.54. The van der Waals surface area contributed by atoms with Crippen LogP contribution >= 0.6 is 0 Å². The minimum atomic E-state index is -2.39. The van der Waals surface area contributed by atoms with E-state index in [1.165, 1.54) is 12.3 Å². The van der Waals surface area contributed by atoms with E-state index in [1.807, 2.05) is 13.8 Å². The molecular formula is C26H23F3N4O2. The van der Waals surface area contributed by atoms with Crippen LogP contribution in [0.5, 0.6) is 0 Å². The molecular weight excluding hydrogens is 457 g/mol. The lowest BCUT2D eigenvalue weighted by atomic mass is 9.66. The molecule has 0 saturated heterocycles. The highest BCUT2D eigenvalue weighted by atomic mass is 19.1. The fourth-order valence-corrected chi connectivity index (χ4v) is 5.31. The van der Waals surface area contributed by atoms with Crippen LogP contribution in [0.15, 0.2) is 30.5 Å². The molecule has 2 aromatic heterocycles. The molecule has 35 heavy (non-hydrogen) atoms. The number of aliphatic carboxylic acids is 1. The smallest absolute Gasteiger partial charge is 0.341 e. The zero-order valence-electron chi connectivity index (χ0n) is 19.4. The molecule has 1 aliphatic carbocycles. The van der Waals surface area contributed by atoms with E-state index in [0.717, 1.165) is 0 Å². The summed E-state index contributed by atoms with van der Waals surface area (Å²) in [4.78, 5) is 11.5. The molecule has 4 aromatic rings. The van der Waals surface area contributed by atoms with E-state index in [-0.39, 0.29) is 30.2 Å². The monoisotopic (exact) mass is 480 g/mol. The number of nitrogens with zero attached hydrogens (tertiary/aromatic N) is 3. The summed E-state index contributed by atoms with van der Waals surface area (Å²) in [7, 11) is 0. The molecule has 2 N–H and O–H groups in total. The van der Waals surface area contributed by atoms with Crippen molar-refractivity contribution < 1.29 is 23.1 Å². The number of fused-ring (bicyclic) bond motifs is 2. The number of aromatic nitrogens is 3. The molecule has 180 valence electrons. The topological polar surface area (TPSA) is 94.7 Å². The lowest BCUT2D eigenvalue weighted by Crippen LogP contribution is -2.46. The quantitative estimate of drug-likeness (QED) is 0.369. The van der Waals surface area contributed by atoms with Crippen molar-refractivity contribution in [2.24, 2.45) is 0 Å². The normalized spacial score (nSPS) is 20.2. The molecule has 5 rings (SSSR count). The third-order valence-electron chi connectivity index (χ3n) is 7.14. The number of aryl methyl sites for hydroxylation is 1. The Morgan fingerprint density at radius 1 is 1.34 bits per heavy atom. The number of H-pyrrole nitrogens is 1. The highest BCUT2D eigenvalue weighted by molar-refractivity contribution is 6.00. The van der Waals surface area contributed by atoms with Crippen LogP contribution in [-0.4, -0.2) is 31.5 Å². The molecule has 0 aliphatic heterocycles. The van der Waals surface area contributed by atoms with Crippen molar-refractivity contribution in [2.45, 2.75) is 57.0 Å². The van der Waals surface area contributed by atoms with E-state index < -0.39 is 34.6 Å². The number of nitriles is 1. The lowest BCUT2D eigenvalue weighted by Gasteiger charge is -2.40. The summed E-state index contributed by atoms with van der Waals surface area (Å²) in [6.07, 6.45) is 0.954. The van der Waals surface area contributed by atoms with Gasteiger partial charge in [0.2, 0.25) is 5.67 Å². The summed E-state index contributed by atoms with van der Waals surface area (Å²) >= 11 is 0. The number of alkyl halides is 1. The number of carboxylic acids is 1. The Bertz CT molecular complexity index is 1550. The molecule has 0 unspecified atom stereocenters. The van der Waals surface area contributed by atoms with Crippen LogP contribution in [0.2, 0.25) is 0 Å². The number of nitrogens with one attached hydrogen (secondary N) is 1. The summed E-state index contributed by atoms with van der Waals surface area (Å²) in [5.74, 6) is -3.09. The first-order valence-electron chi connectivity index (χ1n) is 11.2. The first-order chi connectivity index (χ1) is 16.5. The molecule has 2 aromatic carbocycles. The van der Waals surface area contributed by atoms with Crippen LogP contribution < -0.4 is 0 Å². The van der Waals surface area contributed by atoms with Gasteiger partial charge < -0.3 is 9.67 Å². The van der Waals surface area contributed by atoms with Crippen LogP contribution in [0.1, 0.15) is 55.8 Å². The van der Waals surface area contributed by atoms with Crippen molar-refractivity contribution in [1.29, 1.82) is 5.26 Å². The van der Waals surface area contributed by atoms with Gasteiger partial charge in [-0.15, -0.1) is 0 Å². The molecule has 0 radical (unpaired) electrons. The Kier molecular flexibility index (Phi) is 4.99. The van der Waals surface area contributed by atoms with E-state index in [4.69, 9.17) is 0 Å². The maximum Gasteiger partial charge on any atom is 0.341 e. The first kappa shape index (κ1) is 23.0. The Morgan fingerprint density at radius 2 is 2.06 bits per heavy atom. The second-order valence-corrected chi connectivity index (χ2v) is 10.0. The Morgan fingerprint density at radius 3 is 2.69 bits per heavy atom. The van der Waals surface area contributed by atoms with Crippen molar-refractivity contribution in [2.75, 3.05) is 0 Å². The highest BCUT2D eigenvalue weighted by Crippen LogP contribution is 2.54. The molecule has 0 atom stereocenters. The molecule has 6 nitrogen and oxygen atoms in total. The average Bonchev–Trinajstić information content (AvgIpc) is 3.37. The van der Waals surface area contributed by atoms with Crippen LogP contribution in [0.4, 0.5) is 13.2 Å². The van der Waals surface area contributed by atoms with E-state index in [0.29, 0.717) is 33.4 Å². The molecule has 2 heterocycles. The summed E-state index contributed by atoms with van der Waals surface area (Å²) in [6, 6.07) is 8.47. The van der Waals surface area contributed by atoms with Gasteiger partial charge >= 0.3 is 5.97 Å². The third kappa shape index (κ3) is 3.31. The van der Waals surface area contributed by atoms with Crippen molar-refractivity contribution in [3.8, 4) is 11.8 Å². The molecule has 0 amide bonds. The minimum absolute atomic E-state index is 0.0734. The first-order valence-corrected chi connectivity index (χ1v) is 11.2. The van der Waals surface area contributed by atoms with Crippen molar-refractivity contribution in [1.82, 2.24) is 14.8 Å². The number of benzene rings is 2. The Balaban J connectivity index is 1.92. The SMILES string of the molecule is Cc1cc(-n2c(C(C)(C)CC#N)c(C3CC(F)(C(=O)O)C3)c3c(F)c4[nH]ncc4cc32)ccc1F. The summed E-state index contributed by atoms with van der Waals surface area (Å²) in [5.41, 5.74) is -0.560. The second-order valence-electron chi connectivity index (χ2n) is 10.0. The van der Waals surface area contributed by atoms with E-state index in [1.54, 1.807) is 29.7 Å². The fourth-order valence-electron chi connectivity index (χ4n) is 5.31. The molecule has 1 aliphatic rings. The number of carbonyl (C=O) groups is 1. The van der Waals surface area contributed by atoms with Gasteiger partial charge in [0.15, 0.2) is 5.82 Å². The third-order valence-corrected chi connectivity index (χ3v) is 7.14. The van der Waals surface area contributed by atoms with E-state index >= 15 is 4.39 Å². The largest absolute Gasteiger partial charge is 0.479 e. The molecule has 9 heteroatoms. The van der Waals surface area contributed by atoms with Gasteiger partial charge in [0.05, 0.1) is 17.8 Å². The molecule has 1 saturated carbocycles. The van der Waals surface area contributed by atoms with Crippen LogP contribution in [0.25, 0.3) is 27.5 Å². The Hall–Kier alpha value is -3.80. The van der Waals surface area contributed by atoms with Crippen LogP contribution in [0, 0.1) is 29.9 Å². The van der Waals surface area contributed by atoms with Gasteiger partial charge in [0.25, 0.3) is 0 Å². The van der Waals surface area contributed by atoms with Gasteiger partial charge in [-0.25, -0.2) is 18.0 Å². The van der Waals surface area contributed by atoms with Crippen LogP contribution in [-0.2, 0) is 10.2 Å². The predicted octanol–water partition coefficient (Wildman–Crippen LogP) is 5.96. The number of aromatic amines is 1. The van der Waals surface area contributed by atoms with Crippen LogP contribution in [0.3, 0.4) is 0 Å². The fraction of sp³-hybridized carbons (Fsp3) is 0.346. The standard InChI is InChI=1S/C26H23F3N4O2/c1-13-8-16(4-5-17(13)27)33-18-9-14-12-31-32-22(14)21(28)20(18)19(23(33)25(2,3)6-7-30)15-10-26(29,11-15)24(34)35/h4-5,8-9,12,15H,6,10-11H2,1-3H3,(H,31,32)(H,34,35). The maximum absolute atomic E-state index is 16.0. The summed E-state index contributed by atoms with van der Waals surface area (Å²) < 4.78 is 46.8. The zero-order chi connectivity index (χ0) is 25.3. The number of carboxylic acid groups (broad SMARTS) is 1. The molecule has 0 bridgehead atoms. The van der Waals surface area contributed by atoms with Gasteiger partial charge in [-0.3, -0.25) is 5.10 Å². The summed E-state index contributed by atoms with van der Waals surface area (Å²) in [5, 5.41) is 26.3. The minimum Gasteiger partial charge on any atom is -0.479 e. The molecule has 0 spiro atoms. The van der Waals surface area contributed by atoms with Gasteiger partial charge in [-0.1, -0.05) is 13.8 Å². The van der Waals surface area contributed by atoms with E-state index in [9.17, 15) is 23.9 Å². The second kappa shape index (κ2) is 7.60. The van der Waals surface area contributed by atoms with Gasteiger partial charge in [0, 0.05) is 34.0 Å².